The van der Waals surface area contributed by atoms with E-state index in [0.29, 0.717) is 5.75 Å². The monoisotopic (exact) mass is 206 g/mol. The van der Waals surface area contributed by atoms with E-state index in [2.05, 4.69) is 6.07 Å². The maximum Gasteiger partial charge on any atom is 0.119 e. The smallest absolute Gasteiger partial charge is 0.119 e. The lowest BCUT2D eigenvalue weighted by Crippen LogP contribution is -2.22. The van der Waals surface area contributed by atoms with Gasteiger partial charge in [0, 0.05) is 11.0 Å². The summed E-state index contributed by atoms with van der Waals surface area (Å²) in [5.74, 6) is 0.328. The van der Waals surface area contributed by atoms with Gasteiger partial charge in [0.05, 0.1) is 6.61 Å². The van der Waals surface area contributed by atoms with Crippen LogP contribution in [-0.2, 0) is 18.3 Å². The Kier molecular flexibility index (Phi) is 2.47. The number of phenols is 1. The molecule has 0 aliphatic heterocycles. The van der Waals surface area contributed by atoms with Gasteiger partial charge in [-0.05, 0) is 36.5 Å². The Labute approximate surface area is 90.6 Å². The number of hydrogen-bond donors (Lipinski definition) is 2. The van der Waals surface area contributed by atoms with Gasteiger partial charge in [0.25, 0.3) is 0 Å². The minimum Gasteiger partial charge on any atom is -0.508 e. The van der Waals surface area contributed by atoms with Crippen LogP contribution in [0.2, 0.25) is 0 Å². The number of fused-ring (bicyclic) bond motifs is 1. The second kappa shape index (κ2) is 3.53. The SMILES string of the molecule is CC(C)(CO)c1cc2c(cc1O)CCC2. The van der Waals surface area contributed by atoms with Crippen molar-refractivity contribution >= 4 is 0 Å². The molecule has 1 aromatic carbocycles. The molecule has 0 saturated carbocycles. The Morgan fingerprint density at radius 1 is 1.20 bits per heavy atom. The Morgan fingerprint density at radius 3 is 2.40 bits per heavy atom. The molecule has 2 nitrogen and oxygen atoms in total. The van der Waals surface area contributed by atoms with Gasteiger partial charge in [-0.3, -0.25) is 0 Å². The van der Waals surface area contributed by atoms with Gasteiger partial charge in [-0.15, -0.1) is 0 Å². The van der Waals surface area contributed by atoms with Crippen molar-refractivity contribution in [3.8, 4) is 5.75 Å². The Bertz CT molecular complexity index is 380. The fourth-order valence-electron chi connectivity index (χ4n) is 2.24. The first-order chi connectivity index (χ1) is 7.04. The number of rotatable bonds is 2. The first kappa shape index (κ1) is 10.5. The minimum absolute atomic E-state index is 0.0549. The Balaban J connectivity index is 2.49. The number of hydrogen-bond acceptors (Lipinski definition) is 2. The van der Waals surface area contributed by atoms with Crippen LogP contribution in [-0.4, -0.2) is 16.8 Å². The number of aryl methyl sites for hydroxylation is 2. The zero-order valence-corrected chi connectivity index (χ0v) is 9.38. The average Bonchev–Trinajstić information content (AvgIpc) is 2.63. The van der Waals surface area contributed by atoms with E-state index in [1.807, 2.05) is 19.9 Å². The zero-order chi connectivity index (χ0) is 11.1. The molecule has 2 heteroatoms. The first-order valence-corrected chi connectivity index (χ1v) is 5.51. The maximum absolute atomic E-state index is 9.93. The lowest BCUT2D eigenvalue weighted by atomic mass is 9.83. The molecule has 0 radical (unpaired) electrons. The molecule has 0 amide bonds. The summed E-state index contributed by atoms with van der Waals surface area (Å²) in [6.07, 6.45) is 3.35. The van der Waals surface area contributed by atoms with Gasteiger partial charge in [0.2, 0.25) is 0 Å². The lowest BCUT2D eigenvalue weighted by Gasteiger charge is -2.24. The van der Waals surface area contributed by atoms with Crippen molar-refractivity contribution in [1.29, 1.82) is 0 Å². The second-order valence-electron chi connectivity index (χ2n) is 5.03. The van der Waals surface area contributed by atoms with Crippen LogP contribution in [0.1, 0.15) is 37.0 Å². The van der Waals surface area contributed by atoms with Crippen LogP contribution in [0.4, 0.5) is 0 Å². The van der Waals surface area contributed by atoms with Gasteiger partial charge < -0.3 is 10.2 Å². The van der Waals surface area contributed by atoms with Gasteiger partial charge in [0.1, 0.15) is 5.75 Å². The zero-order valence-electron chi connectivity index (χ0n) is 9.38. The molecule has 15 heavy (non-hydrogen) atoms. The van der Waals surface area contributed by atoms with Gasteiger partial charge in [-0.25, -0.2) is 0 Å². The summed E-state index contributed by atoms with van der Waals surface area (Å²) in [6, 6.07) is 3.93. The maximum atomic E-state index is 9.93. The molecule has 0 atom stereocenters. The van der Waals surface area contributed by atoms with Crippen LogP contribution < -0.4 is 0 Å². The van der Waals surface area contributed by atoms with Crippen molar-refractivity contribution in [2.24, 2.45) is 0 Å². The number of benzene rings is 1. The van der Waals surface area contributed by atoms with E-state index in [1.54, 1.807) is 0 Å². The summed E-state index contributed by atoms with van der Waals surface area (Å²) < 4.78 is 0. The fourth-order valence-corrected chi connectivity index (χ4v) is 2.24. The number of aliphatic hydroxyl groups is 1. The molecule has 2 N–H and O–H groups in total. The van der Waals surface area contributed by atoms with E-state index >= 15 is 0 Å². The fraction of sp³-hybridized carbons (Fsp3) is 0.538. The molecule has 0 unspecified atom stereocenters. The molecule has 0 heterocycles. The molecule has 0 saturated heterocycles. The normalized spacial score (nSPS) is 15.4. The highest BCUT2D eigenvalue weighted by molar-refractivity contribution is 5.47. The third-order valence-corrected chi connectivity index (χ3v) is 3.33. The molecular formula is C13H18O2. The summed E-state index contributed by atoms with van der Waals surface area (Å²) in [5, 5.41) is 19.2. The highest BCUT2D eigenvalue weighted by Gasteiger charge is 2.25. The molecule has 0 spiro atoms. The average molecular weight is 206 g/mol. The van der Waals surface area contributed by atoms with Crippen LogP contribution in [0.25, 0.3) is 0 Å². The van der Waals surface area contributed by atoms with Crippen molar-refractivity contribution in [2.45, 2.75) is 38.5 Å². The van der Waals surface area contributed by atoms with E-state index < -0.39 is 0 Å². The number of aliphatic hydroxyl groups excluding tert-OH is 1. The standard InChI is InChI=1S/C13H18O2/c1-13(2,8-14)11-6-9-4-3-5-10(9)7-12(11)15/h6-7,14-15H,3-5,8H2,1-2H3. The van der Waals surface area contributed by atoms with Crippen molar-refractivity contribution in [2.75, 3.05) is 6.61 Å². The van der Waals surface area contributed by atoms with Gasteiger partial charge in [-0.1, -0.05) is 19.9 Å². The minimum atomic E-state index is -0.359. The van der Waals surface area contributed by atoms with E-state index in [9.17, 15) is 10.2 Å². The molecule has 1 aliphatic carbocycles. The van der Waals surface area contributed by atoms with Crippen molar-refractivity contribution in [3.63, 3.8) is 0 Å². The first-order valence-electron chi connectivity index (χ1n) is 5.51. The van der Waals surface area contributed by atoms with Gasteiger partial charge >= 0.3 is 0 Å². The second-order valence-corrected chi connectivity index (χ2v) is 5.03. The molecule has 1 aromatic rings. The molecule has 0 fully saturated rings. The van der Waals surface area contributed by atoms with Gasteiger partial charge in [0.15, 0.2) is 0 Å². The highest BCUT2D eigenvalue weighted by Crippen LogP contribution is 2.35. The summed E-state index contributed by atoms with van der Waals surface area (Å²) >= 11 is 0. The lowest BCUT2D eigenvalue weighted by molar-refractivity contribution is 0.215. The molecule has 0 bridgehead atoms. The molecule has 0 aromatic heterocycles. The topological polar surface area (TPSA) is 40.5 Å². The summed E-state index contributed by atoms with van der Waals surface area (Å²) in [6.45, 7) is 3.95. The van der Waals surface area contributed by atoms with Crippen LogP contribution in [0, 0.1) is 0 Å². The van der Waals surface area contributed by atoms with Crippen LogP contribution in [0.3, 0.4) is 0 Å². The predicted molar refractivity (Wildman–Crippen MR) is 60.2 cm³/mol. The Morgan fingerprint density at radius 2 is 1.80 bits per heavy atom. The van der Waals surface area contributed by atoms with Crippen molar-refractivity contribution < 1.29 is 10.2 Å². The van der Waals surface area contributed by atoms with E-state index in [4.69, 9.17) is 0 Å². The van der Waals surface area contributed by atoms with E-state index in [0.717, 1.165) is 18.4 Å². The number of phenolic OH excluding ortho intramolecular Hbond substituents is 1. The highest BCUT2D eigenvalue weighted by atomic mass is 16.3. The summed E-state index contributed by atoms with van der Waals surface area (Å²) in [4.78, 5) is 0. The van der Waals surface area contributed by atoms with Gasteiger partial charge in [-0.2, -0.15) is 0 Å². The Hall–Kier alpha value is -1.02. The van der Waals surface area contributed by atoms with E-state index in [1.165, 1.54) is 17.5 Å². The van der Waals surface area contributed by atoms with Crippen LogP contribution in [0.15, 0.2) is 12.1 Å². The van der Waals surface area contributed by atoms with Crippen molar-refractivity contribution in [1.82, 2.24) is 0 Å². The molecule has 82 valence electrons. The molecule has 1 aliphatic rings. The van der Waals surface area contributed by atoms with Crippen molar-refractivity contribution in [3.05, 3.63) is 28.8 Å². The summed E-state index contributed by atoms with van der Waals surface area (Å²) in [7, 11) is 0. The van der Waals surface area contributed by atoms with Crippen LogP contribution >= 0.6 is 0 Å². The van der Waals surface area contributed by atoms with Crippen LogP contribution in [0.5, 0.6) is 5.75 Å². The third-order valence-electron chi connectivity index (χ3n) is 3.33. The van der Waals surface area contributed by atoms with E-state index in [-0.39, 0.29) is 12.0 Å². The molecular weight excluding hydrogens is 188 g/mol. The molecule has 2 rings (SSSR count). The number of aromatic hydroxyl groups is 1. The quantitative estimate of drug-likeness (QED) is 0.778. The summed E-state index contributed by atoms with van der Waals surface area (Å²) in [5.41, 5.74) is 3.11. The predicted octanol–water partition coefficient (Wildman–Crippen LogP) is 2.15. The largest absolute Gasteiger partial charge is 0.508 e. The third kappa shape index (κ3) is 1.74.